The Hall–Kier alpha value is -2.88. The molecule has 1 fully saturated rings. The maximum Gasteiger partial charge on any atom is 0.253 e. The van der Waals surface area contributed by atoms with Gasteiger partial charge in [-0.05, 0) is 36.6 Å². The highest BCUT2D eigenvalue weighted by Gasteiger charge is 2.31. The fourth-order valence-corrected chi connectivity index (χ4v) is 5.06. The van der Waals surface area contributed by atoms with E-state index >= 15 is 0 Å². The van der Waals surface area contributed by atoms with Crippen LogP contribution in [0.5, 0.6) is 0 Å². The van der Waals surface area contributed by atoms with Gasteiger partial charge in [-0.15, -0.1) is 0 Å². The van der Waals surface area contributed by atoms with E-state index in [4.69, 9.17) is 0 Å². The van der Waals surface area contributed by atoms with Crippen LogP contribution >= 0.6 is 0 Å². The number of rotatable bonds is 4. The summed E-state index contributed by atoms with van der Waals surface area (Å²) in [5.74, 6) is 0.414. The molecule has 0 bridgehead atoms. The number of hydrogen-bond donors (Lipinski definition) is 1. The van der Waals surface area contributed by atoms with Gasteiger partial charge in [-0.1, -0.05) is 0 Å². The highest BCUT2D eigenvalue weighted by molar-refractivity contribution is 7.92. The van der Waals surface area contributed by atoms with E-state index in [9.17, 15) is 18.0 Å². The van der Waals surface area contributed by atoms with Crippen molar-refractivity contribution in [1.82, 2.24) is 14.9 Å². The Labute approximate surface area is 175 Å². The molecule has 2 aliphatic heterocycles. The number of aromatic nitrogens is 2. The van der Waals surface area contributed by atoms with Gasteiger partial charge in [-0.2, -0.15) is 0 Å². The molecule has 9 nitrogen and oxygen atoms in total. The molecule has 30 heavy (non-hydrogen) atoms. The molecule has 4 rings (SSSR count). The van der Waals surface area contributed by atoms with Crippen LogP contribution in [-0.2, 0) is 16.4 Å². The minimum atomic E-state index is -3.32. The molecule has 0 aliphatic carbocycles. The number of nitrogens with one attached hydrogen (secondary N) is 1. The zero-order chi connectivity index (χ0) is 21.6. The van der Waals surface area contributed by atoms with Gasteiger partial charge in [0.2, 0.25) is 16.0 Å². The summed E-state index contributed by atoms with van der Waals surface area (Å²) >= 11 is 0. The minimum Gasteiger partial charge on any atom is -0.348 e. The SMILES string of the molecule is CN(C)c1nc([C@@H]2CCN(C(=O)c3ccc4c(c3)CCN4S(C)(=O)=O)C2)cc(=O)[nH]1. The van der Waals surface area contributed by atoms with E-state index in [1.54, 1.807) is 28.0 Å². The third kappa shape index (κ3) is 3.79. The van der Waals surface area contributed by atoms with Crippen LogP contribution in [0.1, 0.15) is 34.0 Å². The number of fused-ring (bicyclic) bond motifs is 1. The molecule has 1 aromatic carbocycles. The molecule has 1 aromatic heterocycles. The third-order valence-electron chi connectivity index (χ3n) is 5.65. The molecule has 0 spiro atoms. The number of benzene rings is 1. The number of sulfonamides is 1. The van der Waals surface area contributed by atoms with Crippen LogP contribution in [0.3, 0.4) is 0 Å². The number of H-pyrrole nitrogens is 1. The zero-order valence-corrected chi connectivity index (χ0v) is 18.1. The summed E-state index contributed by atoms with van der Waals surface area (Å²) in [5, 5.41) is 0. The summed E-state index contributed by atoms with van der Waals surface area (Å²) in [4.78, 5) is 35.8. The Morgan fingerprint density at radius 1 is 1.23 bits per heavy atom. The normalized spacial score (nSPS) is 18.6. The van der Waals surface area contributed by atoms with Crippen molar-refractivity contribution in [2.75, 3.05) is 49.2 Å². The quantitative estimate of drug-likeness (QED) is 0.767. The maximum absolute atomic E-state index is 13.0. The smallest absolute Gasteiger partial charge is 0.253 e. The molecule has 0 unspecified atom stereocenters. The number of nitrogens with zero attached hydrogens (tertiary/aromatic N) is 4. The van der Waals surface area contributed by atoms with E-state index in [-0.39, 0.29) is 17.4 Å². The van der Waals surface area contributed by atoms with Crippen molar-refractivity contribution in [3.63, 3.8) is 0 Å². The maximum atomic E-state index is 13.0. The lowest BCUT2D eigenvalue weighted by Crippen LogP contribution is -2.29. The van der Waals surface area contributed by atoms with Crippen LogP contribution in [-0.4, -0.2) is 69.2 Å². The lowest BCUT2D eigenvalue weighted by atomic mass is 10.0. The molecule has 2 aliphatic rings. The Kier molecular flexibility index (Phi) is 5.05. The Bertz CT molecular complexity index is 1160. The highest BCUT2D eigenvalue weighted by atomic mass is 32.2. The number of anilines is 2. The molecule has 0 saturated carbocycles. The Morgan fingerprint density at radius 2 is 2.00 bits per heavy atom. The first-order valence-corrected chi connectivity index (χ1v) is 11.7. The average Bonchev–Trinajstić information content (AvgIpc) is 3.33. The summed E-state index contributed by atoms with van der Waals surface area (Å²) in [6.45, 7) is 1.48. The zero-order valence-electron chi connectivity index (χ0n) is 17.3. The van der Waals surface area contributed by atoms with E-state index in [0.29, 0.717) is 48.9 Å². The summed E-state index contributed by atoms with van der Waals surface area (Å²) < 4.78 is 25.2. The van der Waals surface area contributed by atoms with Crippen LogP contribution in [0.15, 0.2) is 29.1 Å². The molecule has 160 valence electrons. The van der Waals surface area contributed by atoms with E-state index < -0.39 is 10.0 Å². The van der Waals surface area contributed by atoms with Gasteiger partial charge in [0, 0.05) is 51.3 Å². The van der Waals surface area contributed by atoms with Gasteiger partial charge in [0.15, 0.2) is 0 Å². The average molecular weight is 432 g/mol. The molecule has 0 radical (unpaired) electrons. The summed E-state index contributed by atoms with van der Waals surface area (Å²) in [6.07, 6.45) is 2.52. The molecular weight excluding hydrogens is 406 g/mol. The number of hydrogen-bond acceptors (Lipinski definition) is 6. The number of likely N-dealkylation sites (tertiary alicyclic amines) is 1. The van der Waals surface area contributed by atoms with Gasteiger partial charge in [-0.3, -0.25) is 18.9 Å². The fourth-order valence-electron chi connectivity index (χ4n) is 4.10. The van der Waals surface area contributed by atoms with Crippen molar-refractivity contribution >= 4 is 27.6 Å². The molecule has 1 saturated heterocycles. The first-order valence-electron chi connectivity index (χ1n) is 9.82. The molecule has 1 amide bonds. The second-order valence-corrected chi connectivity index (χ2v) is 9.96. The van der Waals surface area contributed by atoms with E-state index in [2.05, 4.69) is 9.97 Å². The molecule has 3 heterocycles. The number of aromatic amines is 1. The molecule has 10 heteroatoms. The number of carbonyl (C=O) groups is 1. The largest absolute Gasteiger partial charge is 0.348 e. The minimum absolute atomic E-state index is 0.00473. The summed E-state index contributed by atoms with van der Waals surface area (Å²) in [6, 6.07) is 6.70. The lowest BCUT2D eigenvalue weighted by Gasteiger charge is -2.19. The predicted molar refractivity (Wildman–Crippen MR) is 115 cm³/mol. The van der Waals surface area contributed by atoms with Gasteiger partial charge >= 0.3 is 0 Å². The van der Waals surface area contributed by atoms with E-state index in [1.165, 1.54) is 16.6 Å². The van der Waals surface area contributed by atoms with Crippen molar-refractivity contribution in [3.8, 4) is 0 Å². The van der Waals surface area contributed by atoms with Crippen LogP contribution < -0.4 is 14.8 Å². The predicted octanol–water partition coefficient (Wildman–Crippen LogP) is 0.788. The van der Waals surface area contributed by atoms with Crippen LogP contribution in [0.4, 0.5) is 11.6 Å². The highest BCUT2D eigenvalue weighted by Crippen LogP contribution is 2.32. The van der Waals surface area contributed by atoms with Crippen molar-refractivity contribution in [2.24, 2.45) is 0 Å². The standard InChI is InChI=1S/C20H25N5O4S/c1-23(2)20-21-16(11-18(26)22-20)15-6-8-24(12-15)19(27)14-4-5-17-13(10-14)7-9-25(17)30(3,28)29/h4-5,10-11,15H,6-9,12H2,1-3H3,(H,21,22,26)/t15-/m1/s1. The van der Waals surface area contributed by atoms with Gasteiger partial charge in [0.05, 0.1) is 17.6 Å². The Morgan fingerprint density at radius 3 is 2.70 bits per heavy atom. The number of amides is 1. The van der Waals surface area contributed by atoms with Gasteiger partial charge in [-0.25, -0.2) is 13.4 Å². The molecule has 1 atom stereocenters. The first-order chi connectivity index (χ1) is 14.1. The second kappa shape index (κ2) is 7.42. The fraction of sp³-hybridized carbons (Fsp3) is 0.450. The summed E-state index contributed by atoms with van der Waals surface area (Å²) in [7, 11) is 0.305. The molecular formula is C20H25N5O4S. The van der Waals surface area contributed by atoms with Crippen LogP contribution in [0, 0.1) is 0 Å². The van der Waals surface area contributed by atoms with Crippen LogP contribution in [0.2, 0.25) is 0 Å². The van der Waals surface area contributed by atoms with Crippen molar-refractivity contribution in [3.05, 3.63) is 51.4 Å². The molecule has 2 aromatic rings. The third-order valence-corrected chi connectivity index (χ3v) is 6.83. The van der Waals surface area contributed by atoms with Crippen molar-refractivity contribution in [2.45, 2.75) is 18.8 Å². The van der Waals surface area contributed by atoms with Crippen molar-refractivity contribution < 1.29 is 13.2 Å². The van der Waals surface area contributed by atoms with Gasteiger partial charge in [0.25, 0.3) is 11.5 Å². The number of carbonyl (C=O) groups excluding carboxylic acids is 1. The van der Waals surface area contributed by atoms with Crippen molar-refractivity contribution in [1.29, 1.82) is 0 Å². The lowest BCUT2D eigenvalue weighted by molar-refractivity contribution is 0.0790. The van der Waals surface area contributed by atoms with Gasteiger partial charge < -0.3 is 9.80 Å². The topological polar surface area (TPSA) is 107 Å². The van der Waals surface area contributed by atoms with Crippen LogP contribution in [0.25, 0.3) is 0 Å². The van der Waals surface area contributed by atoms with Gasteiger partial charge in [0.1, 0.15) is 0 Å². The Balaban J connectivity index is 1.52. The summed E-state index contributed by atoms with van der Waals surface area (Å²) in [5.41, 5.74) is 2.56. The van der Waals surface area contributed by atoms with E-state index in [0.717, 1.165) is 12.0 Å². The van der Waals surface area contributed by atoms with E-state index in [1.807, 2.05) is 14.1 Å². The second-order valence-electron chi connectivity index (χ2n) is 8.05. The monoisotopic (exact) mass is 431 g/mol. The first kappa shape index (κ1) is 20.4. The molecule has 1 N–H and O–H groups in total.